The molecule has 0 saturated heterocycles. The number of carbonyl (C=O) groups excluding carboxylic acids is 4. The number of allylic oxidation sites excluding steroid dienone is 8. The van der Waals surface area contributed by atoms with Gasteiger partial charge in [-0.25, -0.2) is 21.7 Å². The van der Waals surface area contributed by atoms with Gasteiger partial charge in [0.1, 0.15) is 11.4 Å². The molecule has 240 valence electrons. The second kappa shape index (κ2) is 13.3. The molecule has 6 rings (SSSR count). The van der Waals surface area contributed by atoms with Gasteiger partial charge in [0.15, 0.2) is 11.6 Å². The number of ketones is 2. The molecule has 2 aromatic carbocycles. The number of guanidine groups is 2. The zero-order chi connectivity index (χ0) is 33.8. The van der Waals surface area contributed by atoms with Crippen molar-refractivity contribution in [2.75, 3.05) is 0 Å². The van der Waals surface area contributed by atoms with Crippen LogP contribution in [0.15, 0.2) is 107 Å². The van der Waals surface area contributed by atoms with Crippen LogP contribution in [0.4, 0.5) is 0 Å². The van der Waals surface area contributed by atoms with E-state index in [0.29, 0.717) is 11.1 Å². The zero-order valence-electron chi connectivity index (χ0n) is 24.7. The van der Waals surface area contributed by atoms with E-state index in [4.69, 9.17) is 23.9 Å². The van der Waals surface area contributed by atoms with Gasteiger partial charge in [0, 0.05) is 11.1 Å². The summed E-state index contributed by atoms with van der Waals surface area (Å²) in [5, 5.41) is 9.42. The van der Waals surface area contributed by atoms with Crippen molar-refractivity contribution in [2.24, 2.45) is 21.9 Å². The summed E-state index contributed by atoms with van der Waals surface area (Å²) in [5.74, 6) is 9.87. The fourth-order valence-corrected chi connectivity index (χ4v) is 4.86. The molecule has 2 amide bonds. The van der Waals surface area contributed by atoms with E-state index in [2.05, 4.69) is 42.8 Å². The van der Waals surface area contributed by atoms with E-state index in [1.807, 2.05) is 48.5 Å². The van der Waals surface area contributed by atoms with Crippen molar-refractivity contribution in [1.29, 1.82) is 0 Å². The molecule has 0 bridgehead atoms. The number of thiocarbonyl (C=S) groups is 1. The third-order valence-electron chi connectivity index (χ3n) is 7.19. The smallest absolute Gasteiger partial charge is 0.289 e. The highest BCUT2D eigenvalue weighted by atomic mass is 32.1. The van der Waals surface area contributed by atoms with Crippen LogP contribution in [0.5, 0.6) is 0 Å². The number of hydrogen-bond acceptors (Lipinski definition) is 13. The lowest BCUT2D eigenvalue weighted by Crippen LogP contribution is -2.63. The van der Waals surface area contributed by atoms with Crippen LogP contribution in [0.1, 0.15) is 22.3 Å². The van der Waals surface area contributed by atoms with Gasteiger partial charge in [-0.15, -0.1) is 10.2 Å². The molecule has 0 spiro atoms. The van der Waals surface area contributed by atoms with E-state index in [9.17, 15) is 19.2 Å². The summed E-state index contributed by atoms with van der Waals surface area (Å²) >= 11 is 5.19. The Hall–Kier alpha value is -6.69. The van der Waals surface area contributed by atoms with Crippen molar-refractivity contribution in [1.82, 2.24) is 42.6 Å². The average Bonchev–Trinajstić information content (AvgIpc) is 3.10. The quantitative estimate of drug-likeness (QED) is 0.0683. The maximum absolute atomic E-state index is 12.8. The second-order valence-electron chi connectivity index (χ2n) is 10.2. The number of amides is 2. The first-order valence-corrected chi connectivity index (χ1v) is 14.5. The third kappa shape index (κ3) is 6.35. The molecule has 48 heavy (non-hydrogen) atoms. The van der Waals surface area contributed by atoms with Crippen molar-refractivity contribution < 1.29 is 19.2 Å². The zero-order valence-corrected chi connectivity index (χ0v) is 25.5. The number of carbonyl (C=O) groups is 4. The molecule has 0 radical (unpaired) electrons. The molecule has 0 unspecified atom stereocenters. The fraction of sp³-hybridized carbons (Fsp3) is 0. The molecule has 2 heterocycles. The molecule has 2 aliphatic heterocycles. The van der Waals surface area contributed by atoms with E-state index < -0.39 is 11.8 Å². The molecule has 0 saturated carbocycles. The highest BCUT2D eigenvalue weighted by Crippen LogP contribution is 2.27. The molecule has 16 nitrogen and oxygen atoms in total. The van der Waals surface area contributed by atoms with Gasteiger partial charge in [-0.2, -0.15) is 0 Å². The molecule has 4 aliphatic rings. The molecule has 2 aliphatic carbocycles. The minimum Gasteiger partial charge on any atom is -0.289 e. The van der Waals surface area contributed by atoms with Crippen molar-refractivity contribution in [2.45, 2.75) is 0 Å². The number of hydrazine groups is 4. The number of nitrogens with two attached hydrogens (primary N) is 2. The summed E-state index contributed by atoms with van der Waals surface area (Å²) in [5.41, 5.74) is 19.6. The number of hydrazone groups is 2. The Bertz CT molecular complexity index is 1880. The van der Waals surface area contributed by atoms with Crippen molar-refractivity contribution in [3.8, 4) is 0 Å². The van der Waals surface area contributed by atoms with Crippen LogP contribution < -0.4 is 44.2 Å². The van der Waals surface area contributed by atoms with Gasteiger partial charge in [-0.3, -0.25) is 51.7 Å². The Morgan fingerprint density at radius 2 is 1.06 bits per heavy atom. The van der Waals surface area contributed by atoms with E-state index in [1.54, 1.807) is 12.2 Å². The van der Waals surface area contributed by atoms with Gasteiger partial charge < -0.3 is 0 Å². The first kappa shape index (κ1) is 31.3. The fourth-order valence-electron chi connectivity index (χ4n) is 4.76. The second-order valence-corrected chi connectivity index (χ2v) is 10.6. The first-order chi connectivity index (χ1) is 23.2. The molecule has 17 heteroatoms. The first-order valence-electron chi connectivity index (χ1n) is 14.1. The SMILES string of the molecule is NN1C(=O)/C(=C/C=C2\C(=O)C=Cc3ccccc32)NN=C1NNC(=S)NNC1=NN/C(=C\C=C2/C(=O)C=Cc3ccccc32)C(=O)N1N. The summed E-state index contributed by atoms with van der Waals surface area (Å²) in [4.78, 5) is 50.6. The van der Waals surface area contributed by atoms with E-state index >= 15 is 0 Å². The van der Waals surface area contributed by atoms with E-state index in [-0.39, 0.29) is 40.0 Å². The molecular formula is C31H26N12O4S. The molecule has 0 atom stereocenters. The summed E-state index contributed by atoms with van der Waals surface area (Å²) < 4.78 is 0. The lowest BCUT2D eigenvalue weighted by Gasteiger charge is -2.27. The third-order valence-corrected chi connectivity index (χ3v) is 7.39. The van der Waals surface area contributed by atoms with Gasteiger partial charge in [-0.1, -0.05) is 60.7 Å². The van der Waals surface area contributed by atoms with Crippen LogP contribution >= 0.6 is 12.2 Å². The van der Waals surface area contributed by atoms with Crippen molar-refractivity contribution in [3.05, 3.63) is 119 Å². The lowest BCUT2D eigenvalue weighted by atomic mass is 9.91. The predicted molar refractivity (Wildman–Crippen MR) is 181 cm³/mol. The number of rotatable bonds is 2. The van der Waals surface area contributed by atoms with Gasteiger partial charge in [0.2, 0.25) is 5.11 Å². The standard InChI is InChI=1S/C31H26N12O4S/c32-42-27(46)23(13-11-21-19-7-3-1-5-17(19)9-15-25(21)44)34-36-29(42)38-40-31(48)41-39-30-37-35-24(28(47)43(30)33)14-12-22-20-8-4-2-6-18(20)10-16-26(22)45/h1-16,34-35H,32-33H2,(H,36,38)(H,37,39)(H2,40,41,48)/b21-11-,22-12-,23-13-,24-14-. The minimum absolute atomic E-state index is 0.0184. The van der Waals surface area contributed by atoms with Gasteiger partial charge in [0.05, 0.1) is 0 Å². The molecule has 0 fully saturated rings. The summed E-state index contributed by atoms with van der Waals surface area (Å²) in [7, 11) is 0. The molecular weight excluding hydrogens is 636 g/mol. The maximum Gasteiger partial charge on any atom is 0.292 e. The number of fused-ring (bicyclic) bond motifs is 2. The summed E-state index contributed by atoms with van der Waals surface area (Å²) in [6.45, 7) is 0. The Morgan fingerprint density at radius 1 is 0.646 bits per heavy atom. The Balaban J connectivity index is 1.03. The van der Waals surface area contributed by atoms with Crippen LogP contribution in [0.2, 0.25) is 0 Å². The van der Waals surface area contributed by atoms with Crippen molar-refractivity contribution in [3.63, 3.8) is 0 Å². The molecule has 0 aromatic heterocycles. The Kier molecular flexibility index (Phi) is 8.70. The van der Waals surface area contributed by atoms with Crippen LogP contribution in [-0.4, -0.2) is 50.4 Å². The van der Waals surface area contributed by atoms with Gasteiger partial charge >= 0.3 is 0 Å². The largest absolute Gasteiger partial charge is 0.292 e. The van der Waals surface area contributed by atoms with Crippen LogP contribution in [0, 0.1) is 0 Å². The normalized spacial score (nSPS) is 20.2. The summed E-state index contributed by atoms with van der Waals surface area (Å²) in [6, 6.07) is 14.8. The van der Waals surface area contributed by atoms with Crippen molar-refractivity contribution >= 4 is 75.9 Å². The molecule has 2 aromatic rings. The number of hydrogen-bond donors (Lipinski definition) is 8. The number of nitrogens with zero attached hydrogens (tertiary/aromatic N) is 4. The van der Waals surface area contributed by atoms with Gasteiger partial charge in [-0.05, 0) is 70.9 Å². The average molecular weight is 663 g/mol. The Labute approximate surface area is 277 Å². The highest BCUT2D eigenvalue weighted by Gasteiger charge is 2.27. The highest BCUT2D eigenvalue weighted by molar-refractivity contribution is 7.80. The number of nitrogens with one attached hydrogen (secondary N) is 6. The van der Waals surface area contributed by atoms with Crippen LogP contribution in [-0.2, 0) is 19.2 Å². The minimum atomic E-state index is -0.650. The topological polar surface area (TPSA) is 224 Å². The predicted octanol–water partition coefficient (Wildman–Crippen LogP) is -0.260. The monoisotopic (exact) mass is 662 g/mol. The van der Waals surface area contributed by atoms with Crippen LogP contribution in [0.3, 0.4) is 0 Å². The van der Waals surface area contributed by atoms with E-state index in [1.165, 1.54) is 36.5 Å². The number of benzene rings is 2. The molecule has 10 N–H and O–H groups in total. The van der Waals surface area contributed by atoms with E-state index in [0.717, 1.165) is 32.3 Å². The summed E-state index contributed by atoms with van der Waals surface area (Å²) in [6.07, 6.45) is 12.3. The van der Waals surface area contributed by atoms with Gasteiger partial charge in [0.25, 0.3) is 23.7 Å². The maximum atomic E-state index is 12.8. The Morgan fingerprint density at radius 3 is 1.50 bits per heavy atom. The van der Waals surface area contributed by atoms with Crippen LogP contribution in [0.25, 0.3) is 23.3 Å². The lowest BCUT2D eigenvalue weighted by molar-refractivity contribution is -0.125.